The molecule has 0 aliphatic rings. The third-order valence-electron chi connectivity index (χ3n) is 2.56. The molecule has 1 aromatic carbocycles. The van der Waals surface area contributed by atoms with Crippen LogP contribution in [0.2, 0.25) is 0 Å². The number of nitrogens with two attached hydrogens (primary N) is 1. The highest BCUT2D eigenvalue weighted by Gasteiger charge is 2.14. The van der Waals surface area contributed by atoms with Crippen molar-refractivity contribution in [2.75, 3.05) is 35.9 Å². The molecule has 0 aromatic heterocycles. The molecule has 0 saturated heterocycles. The van der Waals surface area contributed by atoms with Gasteiger partial charge >= 0.3 is 0 Å². The highest BCUT2D eigenvalue weighted by atomic mass is 32.2. The molecule has 18 heavy (non-hydrogen) atoms. The van der Waals surface area contributed by atoms with E-state index >= 15 is 0 Å². The number of sulfone groups is 1. The van der Waals surface area contributed by atoms with Crippen molar-refractivity contribution in [2.45, 2.75) is 11.8 Å². The molecule has 4 nitrogen and oxygen atoms in total. The summed E-state index contributed by atoms with van der Waals surface area (Å²) >= 11 is 1.79. The van der Waals surface area contributed by atoms with Gasteiger partial charge in [0.15, 0.2) is 9.84 Å². The molecule has 0 amide bonds. The molecule has 1 rings (SSSR count). The number of para-hydroxylation sites is 1. The van der Waals surface area contributed by atoms with Gasteiger partial charge in [0.05, 0.1) is 16.3 Å². The fourth-order valence-corrected chi connectivity index (χ4v) is 3.17. The minimum atomic E-state index is -3.27. The molecule has 1 atom stereocenters. The van der Waals surface area contributed by atoms with Gasteiger partial charge in [-0.05, 0) is 30.1 Å². The van der Waals surface area contributed by atoms with Gasteiger partial charge in [0.1, 0.15) is 0 Å². The zero-order chi connectivity index (χ0) is 13.8. The number of rotatable bonds is 6. The average Bonchev–Trinajstić information content (AvgIpc) is 2.26. The minimum absolute atomic E-state index is 0.185. The average molecular weight is 288 g/mol. The van der Waals surface area contributed by atoms with Crippen LogP contribution < -0.4 is 11.1 Å². The van der Waals surface area contributed by atoms with E-state index < -0.39 is 9.84 Å². The Bertz CT molecular complexity index is 501. The summed E-state index contributed by atoms with van der Waals surface area (Å²) in [6.07, 6.45) is 3.23. The van der Waals surface area contributed by atoms with Crippen molar-refractivity contribution in [3.05, 3.63) is 18.2 Å². The smallest absolute Gasteiger partial charge is 0.177 e. The number of benzene rings is 1. The molecule has 0 aliphatic carbocycles. The van der Waals surface area contributed by atoms with Crippen LogP contribution in [0.25, 0.3) is 0 Å². The maximum atomic E-state index is 11.5. The number of nitrogen functional groups attached to an aromatic ring is 1. The summed E-state index contributed by atoms with van der Waals surface area (Å²) in [5.74, 6) is 1.56. The summed E-state index contributed by atoms with van der Waals surface area (Å²) in [5, 5.41) is 3.21. The third kappa shape index (κ3) is 4.10. The Hall–Kier alpha value is -0.880. The Morgan fingerprint density at radius 3 is 2.67 bits per heavy atom. The standard InChI is InChI=1S/C12H20N2O2S2/c1-9(8-17-2)7-14-10-5-4-6-11(12(10)13)18(3,15)16/h4-6,9,14H,7-8,13H2,1-3H3. The lowest BCUT2D eigenvalue weighted by Crippen LogP contribution is -2.15. The lowest BCUT2D eigenvalue weighted by molar-refractivity contribution is 0.602. The second kappa shape index (κ2) is 6.33. The first-order valence-electron chi connectivity index (χ1n) is 5.67. The van der Waals surface area contributed by atoms with Gasteiger partial charge in [-0.1, -0.05) is 13.0 Å². The monoisotopic (exact) mass is 288 g/mol. The van der Waals surface area contributed by atoms with Crippen LogP contribution in [0.4, 0.5) is 11.4 Å². The zero-order valence-electron chi connectivity index (χ0n) is 10.9. The largest absolute Gasteiger partial charge is 0.396 e. The van der Waals surface area contributed by atoms with Gasteiger partial charge in [0.2, 0.25) is 0 Å². The van der Waals surface area contributed by atoms with Crippen molar-refractivity contribution < 1.29 is 8.42 Å². The van der Waals surface area contributed by atoms with Crippen LogP contribution in [0.3, 0.4) is 0 Å². The summed E-state index contributed by atoms with van der Waals surface area (Å²) in [4.78, 5) is 0.185. The number of hydrogen-bond donors (Lipinski definition) is 2. The van der Waals surface area contributed by atoms with Crippen molar-refractivity contribution in [3.63, 3.8) is 0 Å². The zero-order valence-corrected chi connectivity index (χ0v) is 12.6. The molecule has 0 bridgehead atoms. The minimum Gasteiger partial charge on any atom is -0.396 e. The molecule has 1 unspecified atom stereocenters. The van der Waals surface area contributed by atoms with E-state index in [-0.39, 0.29) is 4.90 Å². The first kappa shape index (κ1) is 15.2. The van der Waals surface area contributed by atoms with Gasteiger partial charge in [-0.2, -0.15) is 11.8 Å². The number of hydrogen-bond acceptors (Lipinski definition) is 5. The lowest BCUT2D eigenvalue weighted by atomic mass is 10.2. The highest BCUT2D eigenvalue weighted by molar-refractivity contribution is 7.98. The van der Waals surface area contributed by atoms with Crippen molar-refractivity contribution >= 4 is 33.0 Å². The molecule has 0 saturated carbocycles. The van der Waals surface area contributed by atoms with Crippen LogP contribution in [0.1, 0.15) is 6.92 Å². The van der Waals surface area contributed by atoms with E-state index in [1.165, 1.54) is 12.3 Å². The van der Waals surface area contributed by atoms with Gasteiger partial charge in [0.25, 0.3) is 0 Å². The molecule has 0 fully saturated rings. The predicted molar refractivity (Wildman–Crippen MR) is 80.0 cm³/mol. The first-order chi connectivity index (χ1) is 8.36. The Labute approximate surface area is 113 Å². The molecule has 6 heteroatoms. The summed E-state index contributed by atoms with van der Waals surface area (Å²) < 4.78 is 23.1. The molecule has 0 spiro atoms. The second-order valence-electron chi connectivity index (χ2n) is 4.43. The maximum absolute atomic E-state index is 11.5. The lowest BCUT2D eigenvalue weighted by Gasteiger charge is -2.15. The van der Waals surface area contributed by atoms with E-state index in [1.54, 1.807) is 23.9 Å². The molecular weight excluding hydrogens is 268 g/mol. The Kier molecular flexibility index (Phi) is 5.34. The van der Waals surface area contributed by atoms with Crippen LogP contribution in [-0.4, -0.2) is 33.2 Å². The van der Waals surface area contributed by atoms with E-state index in [1.807, 2.05) is 0 Å². The summed E-state index contributed by atoms with van der Waals surface area (Å²) in [7, 11) is -3.27. The Morgan fingerprint density at radius 1 is 1.44 bits per heavy atom. The number of nitrogens with one attached hydrogen (secondary N) is 1. The van der Waals surface area contributed by atoms with Gasteiger partial charge in [-0.25, -0.2) is 8.42 Å². The Morgan fingerprint density at radius 2 is 2.11 bits per heavy atom. The summed E-state index contributed by atoms with van der Waals surface area (Å²) in [5.41, 5.74) is 6.87. The summed E-state index contributed by atoms with van der Waals surface area (Å²) in [6.45, 7) is 2.92. The molecule has 0 radical (unpaired) electrons. The van der Waals surface area contributed by atoms with Crippen molar-refractivity contribution in [3.8, 4) is 0 Å². The molecular formula is C12H20N2O2S2. The van der Waals surface area contributed by atoms with E-state index in [4.69, 9.17) is 5.73 Å². The van der Waals surface area contributed by atoms with Gasteiger partial charge < -0.3 is 11.1 Å². The number of anilines is 2. The SMILES string of the molecule is CSCC(C)CNc1cccc(S(C)(=O)=O)c1N. The van der Waals surface area contributed by atoms with Crippen LogP contribution in [0.15, 0.2) is 23.1 Å². The molecule has 0 heterocycles. The first-order valence-corrected chi connectivity index (χ1v) is 8.96. The fourth-order valence-electron chi connectivity index (χ4n) is 1.65. The van der Waals surface area contributed by atoms with Crippen molar-refractivity contribution in [1.82, 2.24) is 0 Å². The van der Waals surface area contributed by atoms with E-state index in [0.29, 0.717) is 17.3 Å². The normalized spacial score (nSPS) is 13.3. The Balaban J connectivity index is 2.85. The van der Waals surface area contributed by atoms with Gasteiger partial charge in [0, 0.05) is 12.8 Å². The van der Waals surface area contributed by atoms with Gasteiger partial charge in [-0.3, -0.25) is 0 Å². The number of thioether (sulfide) groups is 1. The van der Waals surface area contributed by atoms with E-state index in [2.05, 4.69) is 18.5 Å². The van der Waals surface area contributed by atoms with Crippen molar-refractivity contribution in [2.24, 2.45) is 5.92 Å². The van der Waals surface area contributed by atoms with Crippen LogP contribution in [0.5, 0.6) is 0 Å². The third-order valence-corrected chi connectivity index (χ3v) is 4.62. The summed E-state index contributed by atoms with van der Waals surface area (Å²) in [6, 6.07) is 5.03. The van der Waals surface area contributed by atoms with E-state index in [9.17, 15) is 8.42 Å². The molecule has 1 aromatic rings. The van der Waals surface area contributed by atoms with Crippen LogP contribution in [0, 0.1) is 5.92 Å². The van der Waals surface area contributed by atoms with Crippen molar-refractivity contribution in [1.29, 1.82) is 0 Å². The van der Waals surface area contributed by atoms with Crippen LogP contribution in [-0.2, 0) is 9.84 Å². The maximum Gasteiger partial charge on any atom is 0.177 e. The molecule has 0 aliphatic heterocycles. The molecule has 3 N–H and O–H groups in total. The second-order valence-corrected chi connectivity index (χ2v) is 7.33. The predicted octanol–water partition coefficient (Wildman–Crippen LogP) is 2.08. The quantitative estimate of drug-likeness (QED) is 0.784. The van der Waals surface area contributed by atoms with E-state index in [0.717, 1.165) is 12.3 Å². The van der Waals surface area contributed by atoms with Gasteiger partial charge in [-0.15, -0.1) is 0 Å². The molecule has 102 valence electrons. The fraction of sp³-hybridized carbons (Fsp3) is 0.500. The van der Waals surface area contributed by atoms with Crippen LogP contribution >= 0.6 is 11.8 Å². The topological polar surface area (TPSA) is 72.2 Å². The highest BCUT2D eigenvalue weighted by Crippen LogP contribution is 2.26.